The Morgan fingerprint density at radius 1 is 1.21 bits per heavy atom. The van der Waals surface area contributed by atoms with Gasteiger partial charge < -0.3 is 15.5 Å². The molecule has 1 aliphatic heterocycles. The van der Waals surface area contributed by atoms with Gasteiger partial charge >= 0.3 is 0 Å². The molecule has 2 aromatic carbocycles. The Kier molecular flexibility index (Phi) is 4.58. The average Bonchev–Trinajstić information content (AvgIpc) is 2.74. The maximum absolute atomic E-state index is 13.2. The van der Waals surface area contributed by atoms with Crippen LogP contribution >= 0.6 is 0 Å². The van der Waals surface area contributed by atoms with Crippen LogP contribution < -0.4 is 10.6 Å². The second-order valence-corrected chi connectivity index (χ2v) is 6.71. The summed E-state index contributed by atoms with van der Waals surface area (Å²) < 4.78 is 0. The normalized spacial score (nSPS) is 17.5. The quantitative estimate of drug-likeness (QED) is 0.859. The summed E-state index contributed by atoms with van der Waals surface area (Å²) in [6, 6.07) is 14.1. The van der Waals surface area contributed by atoms with Crippen LogP contribution in [-0.4, -0.2) is 31.4 Å². The van der Waals surface area contributed by atoms with E-state index in [1.165, 1.54) is 5.56 Å². The highest BCUT2D eigenvalue weighted by molar-refractivity contribution is 6.07. The van der Waals surface area contributed by atoms with Gasteiger partial charge in [-0.3, -0.25) is 4.79 Å². The Hall–Kier alpha value is -2.33. The van der Waals surface area contributed by atoms with Gasteiger partial charge in [0.15, 0.2) is 0 Å². The van der Waals surface area contributed by atoms with Crippen LogP contribution in [-0.2, 0) is 0 Å². The van der Waals surface area contributed by atoms with Crippen molar-refractivity contribution in [3.63, 3.8) is 0 Å². The van der Waals surface area contributed by atoms with Gasteiger partial charge in [0.1, 0.15) is 0 Å². The Morgan fingerprint density at radius 2 is 1.96 bits per heavy atom. The van der Waals surface area contributed by atoms with E-state index < -0.39 is 0 Å². The topological polar surface area (TPSA) is 49.6 Å². The van der Waals surface area contributed by atoms with Gasteiger partial charge in [0, 0.05) is 29.5 Å². The Labute approximate surface area is 143 Å². The molecule has 0 aromatic heterocycles. The summed E-state index contributed by atoms with van der Waals surface area (Å²) in [5.74, 6) is 0.0550. The Balaban J connectivity index is 2.04. The van der Waals surface area contributed by atoms with Crippen LogP contribution in [0, 0.1) is 6.92 Å². The first-order valence-electron chi connectivity index (χ1n) is 8.42. The van der Waals surface area contributed by atoms with Crippen molar-refractivity contribution in [3.05, 3.63) is 59.2 Å². The lowest BCUT2D eigenvalue weighted by atomic mass is 10.0. The van der Waals surface area contributed by atoms with Gasteiger partial charge in [-0.2, -0.15) is 0 Å². The lowest BCUT2D eigenvalue weighted by molar-refractivity contribution is 0.0986. The second kappa shape index (κ2) is 6.65. The van der Waals surface area contributed by atoms with Gasteiger partial charge in [0.25, 0.3) is 5.91 Å². The van der Waals surface area contributed by atoms with Gasteiger partial charge in [0.2, 0.25) is 0 Å². The van der Waals surface area contributed by atoms with E-state index >= 15 is 0 Å². The number of rotatable bonds is 2. The molecule has 1 atom stereocenters. The lowest BCUT2D eigenvalue weighted by Crippen LogP contribution is -2.32. The number of nitrogen functional groups attached to an aromatic ring is 1. The van der Waals surface area contributed by atoms with Gasteiger partial charge in [-0.25, -0.2) is 0 Å². The van der Waals surface area contributed by atoms with Gasteiger partial charge in [0.05, 0.1) is 0 Å². The van der Waals surface area contributed by atoms with E-state index in [1.54, 1.807) is 6.07 Å². The first-order chi connectivity index (χ1) is 11.5. The number of carbonyl (C=O) groups is 1. The fraction of sp³-hybridized carbons (Fsp3) is 0.350. The smallest absolute Gasteiger partial charge is 0.258 e. The summed E-state index contributed by atoms with van der Waals surface area (Å²) in [6.45, 7) is 2.68. The summed E-state index contributed by atoms with van der Waals surface area (Å²) in [6.07, 6.45) is 2.03. The number of aryl methyl sites for hydroxylation is 1. The lowest BCUT2D eigenvalue weighted by Gasteiger charge is -2.27. The van der Waals surface area contributed by atoms with E-state index in [4.69, 9.17) is 5.73 Å². The molecule has 0 saturated heterocycles. The van der Waals surface area contributed by atoms with Crippen molar-refractivity contribution in [3.8, 4) is 0 Å². The fourth-order valence-electron chi connectivity index (χ4n) is 3.55. The predicted octanol–water partition coefficient (Wildman–Crippen LogP) is 3.62. The molecule has 1 amide bonds. The van der Waals surface area contributed by atoms with E-state index in [-0.39, 0.29) is 5.91 Å². The highest BCUT2D eigenvalue weighted by Crippen LogP contribution is 2.36. The third kappa shape index (κ3) is 3.02. The standard InChI is InChI=1S/C20H25N3O/c1-14-13-15(21)10-11-16(14)20(24)23-12-6-9-18(22(2)3)17-7-4-5-8-19(17)23/h4-5,7-8,10-11,13,18H,6,9,12,21H2,1-3H3. The molecule has 0 saturated carbocycles. The summed E-state index contributed by atoms with van der Waals surface area (Å²) in [5.41, 5.74) is 10.4. The van der Waals surface area contributed by atoms with Crippen LogP contribution in [0.2, 0.25) is 0 Å². The molecule has 2 N–H and O–H groups in total. The molecule has 0 spiro atoms. The van der Waals surface area contributed by atoms with Crippen molar-refractivity contribution < 1.29 is 4.79 Å². The number of nitrogens with two attached hydrogens (primary N) is 1. The van der Waals surface area contributed by atoms with Crippen LogP contribution in [0.25, 0.3) is 0 Å². The summed E-state index contributed by atoms with van der Waals surface area (Å²) in [5, 5.41) is 0. The summed E-state index contributed by atoms with van der Waals surface area (Å²) in [7, 11) is 4.20. The van der Waals surface area contributed by atoms with Crippen molar-refractivity contribution >= 4 is 17.3 Å². The molecule has 0 bridgehead atoms. The maximum Gasteiger partial charge on any atom is 0.258 e. The van der Waals surface area contributed by atoms with Crippen LogP contribution in [0.1, 0.15) is 40.4 Å². The molecule has 1 heterocycles. The minimum Gasteiger partial charge on any atom is -0.399 e. The number of anilines is 2. The predicted molar refractivity (Wildman–Crippen MR) is 99.4 cm³/mol. The second-order valence-electron chi connectivity index (χ2n) is 6.71. The number of carbonyl (C=O) groups excluding carboxylic acids is 1. The number of hydrogen-bond donors (Lipinski definition) is 1. The minimum absolute atomic E-state index is 0.0550. The first-order valence-corrected chi connectivity index (χ1v) is 8.42. The highest BCUT2D eigenvalue weighted by Gasteiger charge is 2.28. The number of fused-ring (bicyclic) bond motifs is 1. The third-order valence-electron chi connectivity index (χ3n) is 4.80. The molecule has 4 nitrogen and oxygen atoms in total. The van der Waals surface area contributed by atoms with Crippen molar-refractivity contribution in [2.24, 2.45) is 0 Å². The molecular weight excluding hydrogens is 298 g/mol. The van der Waals surface area contributed by atoms with Crippen molar-refractivity contribution in [2.45, 2.75) is 25.8 Å². The van der Waals surface area contributed by atoms with Crippen molar-refractivity contribution in [2.75, 3.05) is 31.3 Å². The van der Waals surface area contributed by atoms with Crippen molar-refractivity contribution in [1.29, 1.82) is 0 Å². The zero-order chi connectivity index (χ0) is 17.3. The molecule has 0 radical (unpaired) electrons. The van der Waals surface area contributed by atoms with E-state index in [9.17, 15) is 4.79 Å². The molecule has 4 heteroatoms. The monoisotopic (exact) mass is 323 g/mol. The van der Waals surface area contributed by atoms with Gasteiger partial charge in [-0.05, 0) is 69.3 Å². The van der Waals surface area contributed by atoms with Crippen LogP contribution in [0.5, 0.6) is 0 Å². The highest BCUT2D eigenvalue weighted by atomic mass is 16.2. The number of hydrogen-bond acceptors (Lipinski definition) is 3. The van der Waals surface area contributed by atoms with Gasteiger partial charge in [-0.1, -0.05) is 18.2 Å². The molecule has 3 rings (SSSR count). The van der Waals surface area contributed by atoms with Crippen LogP contribution in [0.15, 0.2) is 42.5 Å². The van der Waals surface area contributed by atoms with E-state index in [2.05, 4.69) is 37.2 Å². The summed E-state index contributed by atoms with van der Waals surface area (Å²) >= 11 is 0. The molecule has 126 valence electrons. The molecule has 1 unspecified atom stereocenters. The Bertz CT molecular complexity index is 754. The van der Waals surface area contributed by atoms with E-state index in [1.807, 2.05) is 30.0 Å². The van der Waals surface area contributed by atoms with Crippen LogP contribution in [0.3, 0.4) is 0 Å². The van der Waals surface area contributed by atoms with E-state index in [0.717, 1.165) is 36.2 Å². The molecule has 24 heavy (non-hydrogen) atoms. The number of nitrogens with zero attached hydrogens (tertiary/aromatic N) is 2. The van der Waals surface area contributed by atoms with Crippen molar-refractivity contribution in [1.82, 2.24) is 4.90 Å². The van der Waals surface area contributed by atoms with E-state index in [0.29, 0.717) is 11.7 Å². The maximum atomic E-state index is 13.2. The van der Waals surface area contributed by atoms with Gasteiger partial charge in [-0.15, -0.1) is 0 Å². The molecule has 2 aromatic rings. The number of amides is 1. The molecule has 0 fully saturated rings. The molecule has 0 aliphatic carbocycles. The first kappa shape index (κ1) is 16.5. The largest absolute Gasteiger partial charge is 0.399 e. The Morgan fingerprint density at radius 3 is 2.67 bits per heavy atom. The fourth-order valence-corrected chi connectivity index (χ4v) is 3.55. The minimum atomic E-state index is 0.0550. The third-order valence-corrected chi connectivity index (χ3v) is 4.80. The zero-order valence-electron chi connectivity index (χ0n) is 14.6. The molecular formula is C20H25N3O. The number of para-hydroxylation sites is 1. The SMILES string of the molecule is Cc1cc(N)ccc1C(=O)N1CCCC(N(C)C)c2ccccc21. The van der Waals surface area contributed by atoms with Crippen LogP contribution in [0.4, 0.5) is 11.4 Å². The molecule has 1 aliphatic rings. The number of benzene rings is 2. The summed E-state index contributed by atoms with van der Waals surface area (Å²) in [4.78, 5) is 17.4. The average molecular weight is 323 g/mol. The zero-order valence-corrected chi connectivity index (χ0v) is 14.6.